The molecule has 4 N–H and O–H groups in total. The molecule has 9 heteroatoms. The minimum Gasteiger partial charge on any atom is -0.390 e. The Morgan fingerprint density at radius 1 is 1.29 bits per heavy atom. The second kappa shape index (κ2) is 25.5. The van der Waals surface area contributed by atoms with Crippen LogP contribution in [0.15, 0.2) is 67.7 Å². The van der Waals surface area contributed by atoms with Crippen molar-refractivity contribution in [1.29, 1.82) is 5.41 Å². The Bertz CT molecular complexity index is 599. The van der Waals surface area contributed by atoms with Gasteiger partial charge in [0.25, 0.3) is 0 Å². The van der Waals surface area contributed by atoms with Crippen molar-refractivity contribution >= 4 is 59.1 Å². The lowest BCUT2D eigenvalue weighted by molar-refractivity contribution is 1.03. The predicted molar refractivity (Wildman–Crippen MR) is 130 cm³/mol. The first-order chi connectivity index (χ1) is 13.4. The summed E-state index contributed by atoms with van der Waals surface area (Å²) in [5.41, 5.74) is 5.62. The van der Waals surface area contributed by atoms with E-state index in [4.69, 9.17) is 45.9 Å². The molecule has 0 unspecified atom stereocenters. The molecule has 0 bridgehead atoms. The third kappa shape index (κ3) is 24.5. The van der Waals surface area contributed by atoms with Gasteiger partial charge in [-0.25, -0.2) is 0 Å². The van der Waals surface area contributed by atoms with Crippen LogP contribution in [-0.4, -0.2) is 30.6 Å². The molecule has 0 atom stereocenters. The fourth-order valence-electron chi connectivity index (χ4n) is 1.16. The second-order valence-corrected chi connectivity index (χ2v) is 6.34. The molecular formula is C19H30Cl3N5S. The number of likely N-dealkylation sites (N-methyl/N-ethyl adjacent to an activating group) is 1. The molecule has 0 radical (unpaired) electrons. The normalized spacial score (nSPS) is 11.2. The topological polar surface area (TPSA) is 87.2 Å². The fraction of sp³-hybridized carbons (Fsp3) is 0.316. The highest BCUT2D eigenvalue weighted by atomic mass is 35.5. The number of hydrogen-bond acceptors (Lipinski definition) is 5. The van der Waals surface area contributed by atoms with Gasteiger partial charge in [-0.1, -0.05) is 48.8 Å². The van der Waals surface area contributed by atoms with Crippen LogP contribution in [0.5, 0.6) is 0 Å². The van der Waals surface area contributed by atoms with Crippen molar-refractivity contribution in [3.63, 3.8) is 0 Å². The summed E-state index contributed by atoms with van der Waals surface area (Å²) in [5, 5.41) is 12.3. The van der Waals surface area contributed by atoms with Crippen LogP contribution < -0.4 is 11.1 Å². The molecule has 0 aromatic carbocycles. The van der Waals surface area contributed by atoms with E-state index in [2.05, 4.69) is 15.3 Å². The van der Waals surface area contributed by atoms with Gasteiger partial charge in [0.15, 0.2) is 0 Å². The minimum atomic E-state index is 0.260. The Morgan fingerprint density at radius 2 is 1.82 bits per heavy atom. The van der Waals surface area contributed by atoms with Gasteiger partial charge < -0.3 is 16.5 Å². The number of aromatic nitrogens is 1. The van der Waals surface area contributed by atoms with Gasteiger partial charge in [-0.15, -0.1) is 11.6 Å². The number of nitrogens with one attached hydrogen (secondary N) is 2. The molecule has 1 aromatic heterocycles. The van der Waals surface area contributed by atoms with Gasteiger partial charge in [-0.05, 0) is 49.8 Å². The molecule has 0 fully saturated rings. The lowest BCUT2D eigenvalue weighted by atomic mass is 10.3. The first-order valence-corrected chi connectivity index (χ1v) is 10.5. The van der Waals surface area contributed by atoms with Gasteiger partial charge in [0.2, 0.25) is 0 Å². The molecule has 0 spiro atoms. The Hall–Kier alpha value is -1.47. The molecule has 158 valence electrons. The molecule has 0 aliphatic heterocycles. The maximum atomic E-state index is 6.12. The summed E-state index contributed by atoms with van der Waals surface area (Å²) in [5.74, 6) is 0. The van der Waals surface area contributed by atoms with E-state index in [9.17, 15) is 0 Å². The number of aliphatic imine (C=N–C) groups is 1. The van der Waals surface area contributed by atoms with E-state index in [0.717, 1.165) is 10.6 Å². The van der Waals surface area contributed by atoms with Crippen molar-refractivity contribution in [2.45, 2.75) is 32.6 Å². The van der Waals surface area contributed by atoms with Crippen LogP contribution in [0.25, 0.3) is 0 Å². The molecule has 0 saturated heterocycles. The van der Waals surface area contributed by atoms with E-state index < -0.39 is 0 Å². The largest absolute Gasteiger partial charge is 0.390 e. The maximum Gasteiger partial charge on any atom is 0.115 e. The van der Waals surface area contributed by atoms with Crippen molar-refractivity contribution in [2.75, 3.05) is 13.1 Å². The zero-order chi connectivity index (χ0) is 22.2. The summed E-state index contributed by atoms with van der Waals surface area (Å²) in [6.45, 7) is 7.48. The van der Waals surface area contributed by atoms with Crippen LogP contribution in [0, 0.1) is 5.41 Å². The summed E-state index contributed by atoms with van der Waals surface area (Å²) in [6, 6.07) is 4.12. The van der Waals surface area contributed by atoms with Crippen LogP contribution in [0.4, 0.5) is 0 Å². The third-order valence-corrected chi connectivity index (χ3v) is 3.58. The van der Waals surface area contributed by atoms with E-state index in [0.29, 0.717) is 10.1 Å². The van der Waals surface area contributed by atoms with Crippen LogP contribution >= 0.6 is 46.6 Å². The molecule has 0 aliphatic rings. The van der Waals surface area contributed by atoms with E-state index in [1.807, 2.05) is 57.5 Å². The van der Waals surface area contributed by atoms with Crippen LogP contribution in [0.3, 0.4) is 0 Å². The summed E-state index contributed by atoms with van der Waals surface area (Å²) >= 11 is 18.5. The first kappa shape index (κ1) is 31.2. The van der Waals surface area contributed by atoms with Crippen molar-refractivity contribution in [3.8, 4) is 0 Å². The standard InChI is InChI=1S/C13H14Cl2N2S.C2H5ClN2.C2H5N.C2H6/c1-10(14)7-12(16-2)8-11(15)9-18-13-3-5-17-6-4-13;3-1-5-2-4;1-2-3;1-2/h3-9,16H,1-2H3;2H,1H2,(H2,4,5);2-3H,1H3;1-2H3/b10-7+,11-9-,12-8+;;;. The molecule has 1 heterocycles. The SMILES string of the molecule is CC.CC=N.CNC(/C=C(\C)Cl)=C/C(Cl)=C/Sc1ccncc1.N/C=N/CCl. The lowest BCUT2D eigenvalue weighted by Crippen LogP contribution is -2.03. The fourth-order valence-corrected chi connectivity index (χ4v) is 2.21. The number of alkyl halides is 1. The van der Waals surface area contributed by atoms with Crippen LogP contribution in [0.2, 0.25) is 0 Å². The Kier molecular flexibility index (Phi) is 28.5. The summed E-state index contributed by atoms with van der Waals surface area (Å²) in [4.78, 5) is 8.44. The number of pyridine rings is 1. The molecular weight excluding hydrogens is 437 g/mol. The van der Waals surface area contributed by atoms with Gasteiger partial charge in [0, 0.05) is 40.1 Å². The van der Waals surface area contributed by atoms with Gasteiger partial charge in [0.05, 0.1) is 6.34 Å². The number of halogens is 3. The quantitative estimate of drug-likeness (QED) is 0.114. The highest BCUT2D eigenvalue weighted by Crippen LogP contribution is 2.22. The van der Waals surface area contributed by atoms with E-state index in [-0.39, 0.29) is 6.00 Å². The number of rotatable bonds is 6. The lowest BCUT2D eigenvalue weighted by Gasteiger charge is -2.01. The number of nitrogens with two attached hydrogens (primary N) is 1. The van der Waals surface area contributed by atoms with Gasteiger partial charge in [-0.3, -0.25) is 9.98 Å². The summed E-state index contributed by atoms with van der Waals surface area (Å²) in [6.07, 6.45) is 9.56. The molecule has 0 aliphatic carbocycles. The third-order valence-electron chi connectivity index (χ3n) is 2.07. The van der Waals surface area contributed by atoms with Gasteiger partial charge in [0.1, 0.15) is 6.00 Å². The monoisotopic (exact) mass is 465 g/mol. The molecule has 0 amide bonds. The minimum absolute atomic E-state index is 0.260. The first-order valence-electron chi connectivity index (χ1n) is 8.31. The highest BCUT2D eigenvalue weighted by Gasteiger charge is 1.94. The highest BCUT2D eigenvalue weighted by molar-refractivity contribution is 8.02. The van der Waals surface area contributed by atoms with E-state index in [1.165, 1.54) is 24.3 Å². The molecule has 0 saturated carbocycles. The maximum absolute atomic E-state index is 6.12. The Morgan fingerprint density at radius 3 is 2.18 bits per heavy atom. The number of hydrogen-bond donors (Lipinski definition) is 3. The van der Waals surface area contributed by atoms with Crippen molar-refractivity contribution in [1.82, 2.24) is 10.3 Å². The van der Waals surface area contributed by atoms with Crippen LogP contribution in [-0.2, 0) is 0 Å². The van der Waals surface area contributed by atoms with E-state index >= 15 is 0 Å². The number of allylic oxidation sites excluding steroid dienone is 4. The molecule has 28 heavy (non-hydrogen) atoms. The average molecular weight is 467 g/mol. The zero-order valence-corrected chi connectivity index (χ0v) is 20.0. The Balaban J connectivity index is -0.000000523. The molecule has 1 aromatic rings. The average Bonchev–Trinajstić information content (AvgIpc) is 2.69. The number of thioether (sulfide) groups is 1. The zero-order valence-electron chi connectivity index (χ0n) is 16.9. The second-order valence-electron chi connectivity index (χ2n) is 4.12. The predicted octanol–water partition coefficient (Wildman–Crippen LogP) is 6.35. The Labute approximate surface area is 188 Å². The number of nitrogens with zero attached hydrogens (tertiary/aromatic N) is 2. The molecule has 1 rings (SSSR count). The van der Waals surface area contributed by atoms with Gasteiger partial charge in [-0.2, -0.15) is 0 Å². The van der Waals surface area contributed by atoms with Crippen molar-refractivity contribution in [2.24, 2.45) is 10.7 Å². The van der Waals surface area contributed by atoms with Crippen molar-refractivity contribution in [3.05, 3.63) is 57.8 Å². The van der Waals surface area contributed by atoms with E-state index in [1.54, 1.807) is 19.3 Å². The van der Waals surface area contributed by atoms with Crippen LogP contribution in [0.1, 0.15) is 27.7 Å². The molecule has 5 nitrogen and oxygen atoms in total. The van der Waals surface area contributed by atoms with Gasteiger partial charge >= 0.3 is 0 Å². The van der Waals surface area contributed by atoms with Crippen molar-refractivity contribution < 1.29 is 0 Å². The summed E-state index contributed by atoms with van der Waals surface area (Å²) < 4.78 is 0. The smallest absolute Gasteiger partial charge is 0.115 e. The summed E-state index contributed by atoms with van der Waals surface area (Å²) in [7, 11) is 1.82.